The monoisotopic (exact) mass is 252 g/mol. The molecule has 0 saturated carbocycles. The number of nitrogens with zero attached hydrogens (tertiary/aromatic N) is 4. The van der Waals surface area contributed by atoms with Crippen molar-refractivity contribution in [3.63, 3.8) is 0 Å². The Bertz CT molecular complexity index is 427. The predicted molar refractivity (Wildman–Crippen MR) is 65.9 cm³/mol. The van der Waals surface area contributed by atoms with Crippen LogP contribution in [0.1, 0.15) is 39.6 Å². The summed E-state index contributed by atoms with van der Waals surface area (Å²) in [6, 6.07) is 0.404. The molecule has 1 aliphatic rings. The average molecular weight is 252 g/mol. The fraction of sp³-hybridized carbons (Fsp3) is 0.750. The van der Waals surface area contributed by atoms with Gasteiger partial charge in [-0.15, -0.1) is 10.2 Å². The maximum Gasteiger partial charge on any atom is 0.410 e. The number of amides is 1. The van der Waals surface area contributed by atoms with Crippen LogP contribution in [0.2, 0.25) is 0 Å². The lowest BCUT2D eigenvalue weighted by Crippen LogP contribution is -2.37. The molecule has 1 aromatic rings. The van der Waals surface area contributed by atoms with Crippen LogP contribution < -0.4 is 0 Å². The summed E-state index contributed by atoms with van der Waals surface area (Å²) in [5, 5.41) is 8.01. The standard InChI is InChI=1S/C12H20N4O2/c1-8(2)10-6-18-12(17)15(10)5-11-14-13-7-16(11)9(3)4/h7-10H,5-6H2,1-4H3/t10-/m1/s1. The molecular weight excluding hydrogens is 232 g/mol. The highest BCUT2D eigenvalue weighted by Crippen LogP contribution is 2.22. The van der Waals surface area contributed by atoms with E-state index in [9.17, 15) is 4.79 Å². The van der Waals surface area contributed by atoms with Crippen LogP contribution in [0.25, 0.3) is 0 Å². The van der Waals surface area contributed by atoms with Crippen molar-refractivity contribution < 1.29 is 9.53 Å². The summed E-state index contributed by atoms with van der Waals surface area (Å²) in [5.74, 6) is 1.17. The maximum atomic E-state index is 11.7. The van der Waals surface area contributed by atoms with Gasteiger partial charge in [0.2, 0.25) is 0 Å². The molecule has 0 unspecified atom stereocenters. The third kappa shape index (κ3) is 2.32. The lowest BCUT2D eigenvalue weighted by atomic mass is 10.0. The Morgan fingerprint density at radius 1 is 1.44 bits per heavy atom. The summed E-state index contributed by atoms with van der Waals surface area (Å²) >= 11 is 0. The van der Waals surface area contributed by atoms with Crippen molar-refractivity contribution in [1.29, 1.82) is 0 Å². The first-order valence-corrected chi connectivity index (χ1v) is 6.32. The van der Waals surface area contributed by atoms with Crippen molar-refractivity contribution in [1.82, 2.24) is 19.7 Å². The van der Waals surface area contributed by atoms with Gasteiger partial charge in [0.15, 0.2) is 5.82 Å². The molecule has 1 atom stereocenters. The summed E-state index contributed by atoms with van der Waals surface area (Å²) < 4.78 is 7.09. The van der Waals surface area contributed by atoms with Crippen molar-refractivity contribution >= 4 is 6.09 Å². The largest absolute Gasteiger partial charge is 0.447 e. The first kappa shape index (κ1) is 12.9. The molecule has 100 valence electrons. The highest BCUT2D eigenvalue weighted by Gasteiger charge is 2.35. The van der Waals surface area contributed by atoms with E-state index in [2.05, 4.69) is 37.9 Å². The summed E-state index contributed by atoms with van der Waals surface area (Å²) in [6.07, 6.45) is 1.44. The number of hydrogen-bond donors (Lipinski definition) is 0. The minimum absolute atomic E-state index is 0.120. The van der Waals surface area contributed by atoms with Crippen LogP contribution in [0.3, 0.4) is 0 Å². The molecule has 2 rings (SSSR count). The molecule has 0 bridgehead atoms. The maximum absolute atomic E-state index is 11.7. The molecule has 0 aromatic carbocycles. The topological polar surface area (TPSA) is 60.2 Å². The highest BCUT2D eigenvalue weighted by atomic mass is 16.6. The van der Waals surface area contributed by atoms with E-state index in [0.717, 1.165) is 5.82 Å². The normalized spacial score (nSPS) is 20.0. The highest BCUT2D eigenvalue weighted by molar-refractivity contribution is 5.70. The second kappa shape index (κ2) is 4.96. The molecule has 0 radical (unpaired) electrons. The molecule has 1 amide bonds. The molecular formula is C12H20N4O2. The SMILES string of the molecule is CC(C)[C@H]1COC(=O)N1Cc1nncn1C(C)C. The molecule has 0 spiro atoms. The fourth-order valence-corrected chi connectivity index (χ4v) is 2.16. The Morgan fingerprint density at radius 2 is 2.17 bits per heavy atom. The van der Waals surface area contributed by atoms with Crippen molar-refractivity contribution in [3.8, 4) is 0 Å². The van der Waals surface area contributed by atoms with Gasteiger partial charge in [-0.25, -0.2) is 4.79 Å². The zero-order chi connectivity index (χ0) is 13.3. The van der Waals surface area contributed by atoms with Gasteiger partial charge in [0.25, 0.3) is 0 Å². The third-order valence-corrected chi connectivity index (χ3v) is 3.30. The van der Waals surface area contributed by atoms with E-state index in [1.165, 1.54) is 0 Å². The number of carbonyl (C=O) groups excluding carboxylic acids is 1. The minimum atomic E-state index is -0.257. The number of rotatable bonds is 4. The van der Waals surface area contributed by atoms with E-state index in [1.807, 2.05) is 4.57 Å². The second-order valence-corrected chi connectivity index (χ2v) is 5.26. The fourth-order valence-electron chi connectivity index (χ4n) is 2.16. The van der Waals surface area contributed by atoms with Gasteiger partial charge < -0.3 is 9.30 Å². The third-order valence-electron chi connectivity index (χ3n) is 3.30. The van der Waals surface area contributed by atoms with Gasteiger partial charge in [-0.2, -0.15) is 0 Å². The van der Waals surface area contributed by atoms with Gasteiger partial charge in [-0.3, -0.25) is 4.90 Å². The van der Waals surface area contributed by atoms with Gasteiger partial charge >= 0.3 is 6.09 Å². The molecule has 2 heterocycles. The Labute approximate surface area is 107 Å². The Balaban J connectivity index is 2.16. The summed E-state index contributed by atoms with van der Waals surface area (Å²) in [6.45, 7) is 9.23. The van der Waals surface area contributed by atoms with Gasteiger partial charge in [-0.1, -0.05) is 13.8 Å². The molecule has 0 N–H and O–H groups in total. The molecule has 1 aromatic heterocycles. The lowest BCUT2D eigenvalue weighted by Gasteiger charge is -2.24. The van der Waals surface area contributed by atoms with E-state index < -0.39 is 0 Å². The van der Waals surface area contributed by atoms with Crippen LogP contribution in [-0.2, 0) is 11.3 Å². The molecule has 18 heavy (non-hydrogen) atoms. The van der Waals surface area contributed by atoms with Crippen molar-refractivity contribution in [2.24, 2.45) is 5.92 Å². The molecule has 1 aliphatic heterocycles. The average Bonchev–Trinajstić information content (AvgIpc) is 2.87. The number of aromatic nitrogens is 3. The summed E-state index contributed by atoms with van der Waals surface area (Å²) in [4.78, 5) is 13.5. The van der Waals surface area contributed by atoms with Crippen LogP contribution in [0.5, 0.6) is 0 Å². The predicted octanol–water partition coefficient (Wildman–Crippen LogP) is 1.84. The number of ether oxygens (including phenoxy) is 1. The van der Waals surface area contributed by atoms with Crippen LogP contribution in [0.4, 0.5) is 4.79 Å². The van der Waals surface area contributed by atoms with Crippen LogP contribution >= 0.6 is 0 Å². The lowest BCUT2D eigenvalue weighted by molar-refractivity contribution is 0.153. The summed E-state index contributed by atoms with van der Waals surface area (Å²) in [5.41, 5.74) is 0. The van der Waals surface area contributed by atoms with Gasteiger partial charge in [0.1, 0.15) is 12.9 Å². The first-order chi connectivity index (χ1) is 8.50. The molecule has 1 saturated heterocycles. The zero-order valence-corrected chi connectivity index (χ0v) is 11.3. The van der Waals surface area contributed by atoms with Crippen molar-refractivity contribution in [2.45, 2.75) is 46.3 Å². The quantitative estimate of drug-likeness (QED) is 0.820. The molecule has 6 nitrogen and oxygen atoms in total. The minimum Gasteiger partial charge on any atom is -0.447 e. The van der Waals surface area contributed by atoms with Crippen molar-refractivity contribution in [3.05, 3.63) is 12.2 Å². The van der Waals surface area contributed by atoms with Crippen LogP contribution in [0, 0.1) is 5.92 Å². The van der Waals surface area contributed by atoms with E-state index in [-0.39, 0.29) is 18.2 Å². The summed E-state index contributed by atoms with van der Waals surface area (Å²) in [7, 11) is 0. The van der Waals surface area contributed by atoms with E-state index >= 15 is 0 Å². The zero-order valence-electron chi connectivity index (χ0n) is 11.3. The Hall–Kier alpha value is -1.59. The Morgan fingerprint density at radius 3 is 2.78 bits per heavy atom. The van der Waals surface area contributed by atoms with Gasteiger partial charge in [0.05, 0.1) is 12.6 Å². The second-order valence-electron chi connectivity index (χ2n) is 5.26. The number of carbonyl (C=O) groups is 1. The smallest absolute Gasteiger partial charge is 0.410 e. The van der Waals surface area contributed by atoms with Crippen LogP contribution in [-0.4, -0.2) is 38.4 Å². The number of cyclic esters (lactones) is 1. The molecule has 6 heteroatoms. The van der Waals surface area contributed by atoms with E-state index in [0.29, 0.717) is 19.1 Å². The van der Waals surface area contributed by atoms with Gasteiger partial charge in [0, 0.05) is 6.04 Å². The first-order valence-electron chi connectivity index (χ1n) is 6.32. The molecule has 1 fully saturated rings. The van der Waals surface area contributed by atoms with Gasteiger partial charge in [-0.05, 0) is 19.8 Å². The Kier molecular flexibility index (Phi) is 3.54. The van der Waals surface area contributed by atoms with Crippen molar-refractivity contribution in [2.75, 3.05) is 6.61 Å². The van der Waals surface area contributed by atoms with Crippen LogP contribution in [0.15, 0.2) is 6.33 Å². The molecule has 0 aliphatic carbocycles. The van der Waals surface area contributed by atoms with E-state index in [1.54, 1.807) is 11.2 Å². The number of hydrogen-bond acceptors (Lipinski definition) is 4. The van der Waals surface area contributed by atoms with E-state index in [4.69, 9.17) is 4.74 Å².